The van der Waals surface area contributed by atoms with Crippen LogP contribution in [0.2, 0.25) is 0 Å². The van der Waals surface area contributed by atoms with E-state index >= 15 is 0 Å². The Bertz CT molecular complexity index is 1400. The van der Waals surface area contributed by atoms with Gasteiger partial charge in [-0.2, -0.15) is 0 Å². The van der Waals surface area contributed by atoms with Crippen molar-refractivity contribution in [1.82, 2.24) is 0 Å². The second kappa shape index (κ2) is 24.8. The van der Waals surface area contributed by atoms with Crippen molar-refractivity contribution in [2.75, 3.05) is 12.9 Å². The predicted molar refractivity (Wildman–Crippen MR) is 230 cm³/mol. The molecule has 0 spiro atoms. The molecule has 0 aromatic heterocycles. The van der Waals surface area contributed by atoms with Gasteiger partial charge in [-0.3, -0.25) is 4.21 Å². The van der Waals surface area contributed by atoms with E-state index in [-0.39, 0.29) is 17.6 Å². The molecule has 6 unspecified atom stereocenters. The molecular formula is C48H76O4S. The molecule has 3 rings (SSSR count). The van der Waals surface area contributed by atoms with Crippen molar-refractivity contribution in [1.29, 1.82) is 0 Å². The van der Waals surface area contributed by atoms with Crippen molar-refractivity contribution in [3.05, 3.63) is 95.7 Å². The molecule has 0 heterocycles. The van der Waals surface area contributed by atoms with Gasteiger partial charge in [0, 0.05) is 10.6 Å². The van der Waals surface area contributed by atoms with E-state index in [0.29, 0.717) is 23.5 Å². The first kappa shape index (κ1) is 46.7. The number of methoxy groups -OCH3 is 1. The second-order valence-electron chi connectivity index (χ2n) is 16.1. The molecule has 7 atom stereocenters. The summed E-state index contributed by atoms with van der Waals surface area (Å²) in [6, 6.07) is 7.60. The molecule has 1 aromatic rings. The highest BCUT2D eigenvalue weighted by Gasteiger charge is 2.42. The number of hydrogen-bond acceptors (Lipinski definition) is 4. The average Bonchev–Trinajstić information content (AvgIpc) is 3.16. The van der Waals surface area contributed by atoms with Crippen LogP contribution in [-0.2, 0) is 10.8 Å². The van der Waals surface area contributed by atoms with Gasteiger partial charge in [0.05, 0.1) is 30.1 Å². The summed E-state index contributed by atoms with van der Waals surface area (Å²) in [4.78, 5) is 0.886. The lowest BCUT2D eigenvalue weighted by Crippen LogP contribution is -2.39. The SMILES string of the molecule is C=C/C(=C\C=C(\C)CCCC)CC(O)CCCC.C=C1/C(=C\C=C2/CCCC(C)(C(C)[C@H](C)CCCS(=O)c3ccc(OC)cc3)C2C)CCCC1O. The lowest BCUT2D eigenvalue weighted by atomic mass is 9.57. The highest BCUT2D eigenvalue weighted by atomic mass is 32.2. The van der Waals surface area contributed by atoms with Gasteiger partial charge in [0.2, 0.25) is 0 Å². The Labute approximate surface area is 328 Å². The first-order valence-corrected chi connectivity index (χ1v) is 22.1. The van der Waals surface area contributed by atoms with Gasteiger partial charge in [0.1, 0.15) is 5.75 Å². The fourth-order valence-corrected chi connectivity index (χ4v) is 9.02. The molecule has 2 saturated carbocycles. The standard InChI is InChI=1S/C31H46O3S.C17H30O/c1-22(10-9-21-35(33)29-18-16-28(34-6)17-19-29)24(3)31(5)20-8-12-27(25(31)4)15-14-26-11-7-13-30(32)23(26)2;1-5-8-10-15(4)12-13-16(7-3)14-17(18)11-9-6-2/h14-19,22,24-25,30,32H,2,7-13,20-21H2,1,3-6H3;7,12-13,17-18H,3,5-6,8-11,14H2,1-2,4H3/b26-14-,27-15+;15-12-,16-13+/t22-,24?,25?,30?,31?,35?;/m1./s1. The molecule has 2 aliphatic rings. The Morgan fingerprint density at radius 1 is 1.04 bits per heavy atom. The van der Waals surface area contributed by atoms with Gasteiger partial charge in [0.25, 0.3) is 0 Å². The van der Waals surface area contributed by atoms with Crippen LogP contribution in [0, 0.1) is 23.2 Å². The molecule has 5 heteroatoms. The first-order valence-electron chi connectivity index (χ1n) is 20.8. The zero-order valence-corrected chi connectivity index (χ0v) is 35.7. The lowest BCUT2D eigenvalue weighted by molar-refractivity contribution is 0.0592. The smallest absolute Gasteiger partial charge is 0.118 e. The molecule has 0 radical (unpaired) electrons. The number of unbranched alkanes of at least 4 members (excludes halogenated alkanes) is 2. The van der Waals surface area contributed by atoms with Gasteiger partial charge < -0.3 is 14.9 Å². The summed E-state index contributed by atoms with van der Waals surface area (Å²) in [6.45, 7) is 24.2. The van der Waals surface area contributed by atoms with Crippen LogP contribution < -0.4 is 4.74 Å². The van der Waals surface area contributed by atoms with Crippen molar-refractivity contribution >= 4 is 10.8 Å². The van der Waals surface area contributed by atoms with Gasteiger partial charge in [-0.25, -0.2) is 0 Å². The van der Waals surface area contributed by atoms with Crippen molar-refractivity contribution in [3.63, 3.8) is 0 Å². The fourth-order valence-electron chi connectivity index (χ4n) is 7.92. The van der Waals surface area contributed by atoms with Crippen molar-refractivity contribution in [2.45, 2.75) is 162 Å². The minimum Gasteiger partial charge on any atom is -0.497 e. The zero-order valence-electron chi connectivity index (χ0n) is 34.9. The summed E-state index contributed by atoms with van der Waals surface area (Å²) in [6.07, 6.45) is 26.3. The lowest BCUT2D eigenvalue weighted by Gasteiger charge is -2.48. The van der Waals surface area contributed by atoms with E-state index in [9.17, 15) is 14.4 Å². The van der Waals surface area contributed by atoms with Crippen LogP contribution >= 0.6 is 0 Å². The molecule has 0 bridgehead atoms. The Morgan fingerprint density at radius 2 is 1.74 bits per heavy atom. The molecule has 0 amide bonds. The van der Waals surface area contributed by atoms with Gasteiger partial charge in [-0.05, 0) is 148 Å². The molecule has 2 aliphatic carbocycles. The number of rotatable bonds is 19. The van der Waals surface area contributed by atoms with E-state index in [1.54, 1.807) is 12.7 Å². The number of benzene rings is 1. The van der Waals surface area contributed by atoms with Gasteiger partial charge >= 0.3 is 0 Å². The van der Waals surface area contributed by atoms with Gasteiger partial charge in [-0.15, -0.1) is 0 Å². The average molecular weight is 749 g/mol. The molecule has 2 fully saturated rings. The van der Waals surface area contributed by atoms with Crippen molar-refractivity contribution in [3.8, 4) is 5.75 Å². The predicted octanol–water partition coefficient (Wildman–Crippen LogP) is 12.8. The zero-order chi connectivity index (χ0) is 39.4. The number of hydrogen-bond donors (Lipinski definition) is 2. The molecule has 53 heavy (non-hydrogen) atoms. The van der Waals surface area contributed by atoms with Crippen LogP contribution in [0.4, 0.5) is 0 Å². The van der Waals surface area contributed by atoms with E-state index in [1.807, 2.05) is 30.3 Å². The normalized spacial score (nSPS) is 25.0. The highest BCUT2D eigenvalue weighted by molar-refractivity contribution is 7.85. The topological polar surface area (TPSA) is 66.8 Å². The number of aliphatic hydroxyl groups is 2. The largest absolute Gasteiger partial charge is 0.497 e. The van der Waals surface area contributed by atoms with Crippen LogP contribution in [-0.4, -0.2) is 39.5 Å². The van der Waals surface area contributed by atoms with Crippen molar-refractivity contribution in [2.24, 2.45) is 23.2 Å². The third-order valence-electron chi connectivity index (χ3n) is 12.3. The number of ether oxygens (including phenoxy) is 1. The third kappa shape index (κ3) is 15.7. The minimum absolute atomic E-state index is 0.224. The molecule has 298 valence electrons. The Balaban J connectivity index is 0.000000457. The number of allylic oxidation sites excluding steroid dienone is 7. The van der Waals surface area contributed by atoms with E-state index in [0.717, 1.165) is 92.4 Å². The quantitative estimate of drug-likeness (QED) is 0.138. The van der Waals surface area contributed by atoms with Crippen LogP contribution in [0.1, 0.15) is 145 Å². The summed E-state index contributed by atoms with van der Waals surface area (Å²) in [5.74, 6) is 3.22. The maximum Gasteiger partial charge on any atom is 0.118 e. The van der Waals surface area contributed by atoms with Gasteiger partial charge in [0.15, 0.2) is 0 Å². The van der Waals surface area contributed by atoms with E-state index < -0.39 is 10.8 Å². The third-order valence-corrected chi connectivity index (χ3v) is 13.8. The van der Waals surface area contributed by atoms with Crippen LogP contribution in [0.5, 0.6) is 5.75 Å². The summed E-state index contributed by atoms with van der Waals surface area (Å²) in [5, 5.41) is 20.0. The summed E-state index contributed by atoms with van der Waals surface area (Å²) in [5.41, 5.74) is 6.48. The Morgan fingerprint density at radius 3 is 2.38 bits per heavy atom. The van der Waals surface area contributed by atoms with Crippen LogP contribution in [0.3, 0.4) is 0 Å². The summed E-state index contributed by atoms with van der Waals surface area (Å²) >= 11 is 0. The molecule has 0 saturated heterocycles. The molecule has 0 aliphatic heterocycles. The maximum atomic E-state index is 12.7. The highest BCUT2D eigenvalue weighted by Crippen LogP contribution is 2.51. The number of aliphatic hydroxyl groups excluding tert-OH is 2. The molecule has 2 N–H and O–H groups in total. The second-order valence-corrected chi connectivity index (χ2v) is 17.7. The van der Waals surface area contributed by atoms with Crippen LogP contribution in [0.15, 0.2) is 101 Å². The van der Waals surface area contributed by atoms with Gasteiger partial charge in [-0.1, -0.05) is 115 Å². The van der Waals surface area contributed by atoms with E-state index in [2.05, 4.69) is 85.9 Å². The minimum atomic E-state index is -0.958. The summed E-state index contributed by atoms with van der Waals surface area (Å²) < 4.78 is 17.9. The Hall–Kier alpha value is -2.47. The van der Waals surface area contributed by atoms with E-state index in [1.165, 1.54) is 36.8 Å². The monoisotopic (exact) mass is 749 g/mol. The fraction of sp³-hybridized carbons (Fsp3) is 0.625. The van der Waals surface area contributed by atoms with Crippen molar-refractivity contribution < 1.29 is 19.2 Å². The van der Waals surface area contributed by atoms with E-state index in [4.69, 9.17) is 4.74 Å². The molecule has 4 nitrogen and oxygen atoms in total. The van der Waals surface area contributed by atoms with Crippen LogP contribution in [0.25, 0.3) is 0 Å². The summed E-state index contributed by atoms with van der Waals surface area (Å²) in [7, 11) is 0.692. The Kier molecular flexibility index (Phi) is 21.9. The molecule has 1 aromatic carbocycles. The molecular weight excluding hydrogens is 673 g/mol. The first-order chi connectivity index (χ1) is 25.3. The maximum absolute atomic E-state index is 12.7.